The quantitative estimate of drug-likeness (QED) is 0.108. The summed E-state index contributed by atoms with van der Waals surface area (Å²) in [5, 5.41) is 30.0. The minimum absolute atomic E-state index is 0.128. The molecule has 6 aromatic rings. The van der Waals surface area contributed by atoms with Crippen LogP contribution in [0.5, 0.6) is 57.5 Å². The van der Waals surface area contributed by atoms with E-state index < -0.39 is 11.8 Å². The summed E-state index contributed by atoms with van der Waals surface area (Å²) < 4.78 is 40.9. The van der Waals surface area contributed by atoms with Gasteiger partial charge in [0, 0.05) is 35.0 Å². The van der Waals surface area contributed by atoms with Crippen molar-refractivity contribution < 1.29 is 47.9 Å². The van der Waals surface area contributed by atoms with Gasteiger partial charge in [0.2, 0.25) is 23.3 Å². The summed E-state index contributed by atoms with van der Waals surface area (Å²) in [7, 11) is 7.36. The number of aromatic hydroxyl groups is 1. The number of rotatable bonds is 13. The highest BCUT2D eigenvalue weighted by molar-refractivity contribution is 5.95. The molecule has 18 heteroatoms. The highest BCUT2D eigenvalue weighted by atomic mass is 16.5. The Morgan fingerprint density at radius 1 is 0.596 bits per heavy atom. The molecule has 57 heavy (non-hydrogen) atoms. The average molecular weight is 779 g/mol. The second kappa shape index (κ2) is 16.9. The van der Waals surface area contributed by atoms with E-state index in [9.17, 15) is 25.2 Å². The Kier molecular flexibility index (Phi) is 11.9. The third-order valence-corrected chi connectivity index (χ3v) is 8.56. The number of phenols is 1. The van der Waals surface area contributed by atoms with Crippen molar-refractivity contribution in [1.29, 1.82) is 10.5 Å². The number of nitrogens with zero attached hydrogens (tertiary/aromatic N) is 4. The van der Waals surface area contributed by atoms with Crippen LogP contribution in [-0.2, 0) is 22.7 Å². The van der Waals surface area contributed by atoms with E-state index in [0.717, 1.165) is 0 Å². The SMILES string of the molecule is COc1cc(Oc2ccc3c(c2)c(C#N)c(N)n3CC(N)=O)cc(OC)c1O.COc1cc(Oc2ccc3c(c2)c(C#N)c(N)n3CC(N)=O)cc(OC)c1OC. The number of nitrogen functional groups attached to an aromatic ring is 2. The Bertz CT molecular complexity index is 2550. The maximum atomic E-state index is 11.3. The maximum absolute atomic E-state index is 11.3. The molecule has 2 aromatic heterocycles. The Morgan fingerprint density at radius 3 is 1.28 bits per heavy atom. The first-order chi connectivity index (χ1) is 27.3. The number of aromatic nitrogens is 2. The molecule has 2 amide bonds. The zero-order valence-corrected chi connectivity index (χ0v) is 31.4. The summed E-state index contributed by atoms with van der Waals surface area (Å²) in [6.07, 6.45) is 0. The number of phenolic OH excluding ortho intramolecular Hbond substituents is 1. The van der Waals surface area contributed by atoms with Crippen LogP contribution in [0.1, 0.15) is 11.1 Å². The first-order valence-electron chi connectivity index (χ1n) is 16.6. The number of primary amides is 2. The van der Waals surface area contributed by atoms with Gasteiger partial charge in [-0.1, -0.05) is 0 Å². The van der Waals surface area contributed by atoms with E-state index in [1.165, 1.54) is 56.8 Å². The van der Waals surface area contributed by atoms with E-state index in [1.807, 2.05) is 6.07 Å². The molecule has 2 heterocycles. The molecule has 0 aliphatic rings. The van der Waals surface area contributed by atoms with Crippen molar-refractivity contribution in [2.75, 3.05) is 47.0 Å². The average Bonchev–Trinajstić information content (AvgIpc) is 3.61. The number of nitriles is 2. The van der Waals surface area contributed by atoms with Crippen LogP contribution in [0.4, 0.5) is 11.6 Å². The molecule has 18 nitrogen and oxygen atoms in total. The number of fused-ring (bicyclic) bond motifs is 2. The van der Waals surface area contributed by atoms with E-state index in [2.05, 4.69) is 6.07 Å². The monoisotopic (exact) mass is 778 g/mol. The smallest absolute Gasteiger partial charge is 0.237 e. The highest BCUT2D eigenvalue weighted by Gasteiger charge is 2.20. The molecule has 0 unspecified atom stereocenters. The van der Waals surface area contributed by atoms with Crippen LogP contribution in [0.2, 0.25) is 0 Å². The second-order valence-electron chi connectivity index (χ2n) is 11.9. The van der Waals surface area contributed by atoms with Gasteiger partial charge in [0.15, 0.2) is 23.0 Å². The predicted molar refractivity (Wildman–Crippen MR) is 208 cm³/mol. The molecule has 0 aliphatic heterocycles. The Balaban J connectivity index is 0.000000218. The van der Waals surface area contributed by atoms with Gasteiger partial charge >= 0.3 is 0 Å². The third kappa shape index (κ3) is 8.05. The van der Waals surface area contributed by atoms with Crippen LogP contribution in [-0.4, -0.2) is 61.6 Å². The van der Waals surface area contributed by atoms with Gasteiger partial charge in [0.25, 0.3) is 0 Å². The number of ether oxygens (including phenoxy) is 7. The molecule has 294 valence electrons. The molecule has 4 aromatic carbocycles. The lowest BCUT2D eigenvalue weighted by molar-refractivity contribution is -0.119. The molecule has 0 saturated heterocycles. The van der Waals surface area contributed by atoms with Crippen LogP contribution in [0.3, 0.4) is 0 Å². The molecule has 0 aliphatic carbocycles. The van der Waals surface area contributed by atoms with Gasteiger partial charge in [0.05, 0.1) is 46.6 Å². The van der Waals surface area contributed by atoms with Crippen LogP contribution >= 0.6 is 0 Å². The molecule has 0 bridgehead atoms. The van der Waals surface area contributed by atoms with Gasteiger partial charge in [0.1, 0.15) is 71.0 Å². The molecule has 0 saturated carbocycles. The molecule has 6 rings (SSSR count). The van der Waals surface area contributed by atoms with Crippen molar-refractivity contribution in [2.45, 2.75) is 13.1 Å². The number of amides is 2. The molecule has 0 radical (unpaired) electrons. The summed E-state index contributed by atoms with van der Waals surface area (Å²) >= 11 is 0. The molecular weight excluding hydrogens is 740 g/mol. The number of nitrogens with two attached hydrogens (primary N) is 4. The summed E-state index contributed by atoms with van der Waals surface area (Å²) in [4.78, 5) is 22.7. The number of carbonyl (C=O) groups is 2. The predicted octanol–water partition coefficient (Wildman–Crippen LogP) is 4.49. The van der Waals surface area contributed by atoms with Crippen molar-refractivity contribution in [3.05, 3.63) is 71.8 Å². The normalized spacial score (nSPS) is 10.4. The highest BCUT2D eigenvalue weighted by Crippen LogP contribution is 2.43. The maximum Gasteiger partial charge on any atom is 0.237 e. The molecular formula is C39H38N8O10. The lowest BCUT2D eigenvalue weighted by Gasteiger charge is -2.14. The van der Waals surface area contributed by atoms with Crippen LogP contribution < -0.4 is 56.1 Å². The number of benzene rings is 4. The summed E-state index contributed by atoms with van der Waals surface area (Å²) in [6.45, 7) is -0.270. The third-order valence-electron chi connectivity index (χ3n) is 8.56. The lowest BCUT2D eigenvalue weighted by atomic mass is 10.1. The van der Waals surface area contributed by atoms with Gasteiger partial charge in [-0.25, -0.2) is 0 Å². The van der Waals surface area contributed by atoms with Crippen LogP contribution in [0.25, 0.3) is 21.8 Å². The minimum Gasteiger partial charge on any atom is -0.502 e. The number of carbonyl (C=O) groups excluding carboxylic acids is 2. The zero-order chi connectivity index (χ0) is 41.6. The minimum atomic E-state index is -0.573. The first-order valence-corrected chi connectivity index (χ1v) is 16.6. The van der Waals surface area contributed by atoms with E-state index in [0.29, 0.717) is 62.1 Å². The molecule has 0 fully saturated rings. The summed E-state index contributed by atoms with van der Waals surface area (Å²) in [6, 6.07) is 20.5. The van der Waals surface area contributed by atoms with Gasteiger partial charge in [-0.15, -0.1) is 0 Å². The molecule has 9 N–H and O–H groups in total. The van der Waals surface area contributed by atoms with Crippen molar-refractivity contribution in [3.63, 3.8) is 0 Å². The fourth-order valence-corrected chi connectivity index (χ4v) is 6.04. The van der Waals surface area contributed by atoms with Crippen LogP contribution in [0, 0.1) is 22.7 Å². The first kappa shape index (κ1) is 40.1. The number of methoxy groups -OCH3 is 5. The van der Waals surface area contributed by atoms with Crippen LogP contribution in [0.15, 0.2) is 60.7 Å². The number of hydrogen-bond donors (Lipinski definition) is 5. The van der Waals surface area contributed by atoms with Crippen molar-refractivity contribution in [3.8, 4) is 69.6 Å². The Hall–Kier alpha value is -8.12. The summed E-state index contributed by atoms with van der Waals surface area (Å²) in [5.74, 6) is 2.42. The topological polar surface area (TPSA) is 281 Å². The Morgan fingerprint density at radius 2 is 0.965 bits per heavy atom. The largest absolute Gasteiger partial charge is 0.502 e. The van der Waals surface area contributed by atoms with Gasteiger partial charge in [-0.05, 0) is 36.4 Å². The van der Waals surface area contributed by atoms with E-state index >= 15 is 0 Å². The second-order valence-corrected chi connectivity index (χ2v) is 11.9. The lowest BCUT2D eigenvalue weighted by Crippen LogP contribution is -2.19. The van der Waals surface area contributed by atoms with E-state index in [4.69, 9.17) is 56.1 Å². The molecule has 0 atom stereocenters. The van der Waals surface area contributed by atoms with Crippen molar-refractivity contribution in [2.24, 2.45) is 11.5 Å². The number of hydrogen-bond acceptors (Lipinski definition) is 14. The van der Waals surface area contributed by atoms with Gasteiger partial charge < -0.3 is 70.3 Å². The molecule has 0 spiro atoms. The zero-order valence-electron chi connectivity index (χ0n) is 31.4. The van der Waals surface area contributed by atoms with Gasteiger partial charge in [-0.3, -0.25) is 9.59 Å². The van der Waals surface area contributed by atoms with Crippen molar-refractivity contribution >= 4 is 45.3 Å². The summed E-state index contributed by atoms with van der Waals surface area (Å²) in [5.41, 5.74) is 24.2. The Labute approximate surface area is 325 Å². The fraction of sp³-hybridized carbons (Fsp3) is 0.179. The standard InChI is InChI=1S/C20H20N4O5.C19H18N4O5/c1-26-16-7-12(8-17(27-2)19(16)28-3)29-11-4-5-15-13(6-11)14(9-21)20(23)24(15)10-18(22)25;1-26-15-6-11(7-16(27-2)18(15)25)28-10-3-4-14-12(5-10)13(8-20)19(22)23(14)9-17(21)24/h4-8H,10,23H2,1-3H3,(H2,22,25);3-7,25H,9,22H2,1-2H3,(H2,21,24). The number of anilines is 2. The van der Waals surface area contributed by atoms with E-state index in [1.54, 1.807) is 48.5 Å². The van der Waals surface area contributed by atoms with E-state index in [-0.39, 0.29) is 53.1 Å². The van der Waals surface area contributed by atoms with Crippen molar-refractivity contribution in [1.82, 2.24) is 9.13 Å². The fourth-order valence-electron chi connectivity index (χ4n) is 6.04. The van der Waals surface area contributed by atoms with Gasteiger partial charge in [-0.2, -0.15) is 10.5 Å².